The molecule has 4 heteroatoms. The first kappa shape index (κ1) is 19.6. The van der Waals surface area contributed by atoms with Gasteiger partial charge in [-0.25, -0.2) is 8.42 Å². The molecule has 3 aliphatic rings. The number of benzene rings is 2. The standard InChI is InChI=1S/C26H29NO2S/c1-19-10-6-9-15-26(19)30(28,29)27-24-14-8-7-13-21(24)18-23-22(16-17-25(23)27)20-11-4-2-3-5-12-20/h6-11,13-17,22-23,25H,2-5,12,18H2,1H3. The summed E-state index contributed by atoms with van der Waals surface area (Å²) in [5.74, 6) is 0.610. The number of nitrogens with zero attached hydrogens (tertiary/aromatic N) is 1. The molecule has 0 aromatic heterocycles. The zero-order valence-electron chi connectivity index (χ0n) is 17.5. The fraction of sp³-hybridized carbons (Fsp3) is 0.385. The van der Waals surface area contributed by atoms with Crippen molar-refractivity contribution in [3.8, 4) is 0 Å². The Morgan fingerprint density at radius 2 is 1.73 bits per heavy atom. The average Bonchev–Trinajstić information content (AvgIpc) is 2.97. The maximum absolute atomic E-state index is 13.9. The Labute approximate surface area is 180 Å². The van der Waals surface area contributed by atoms with Crippen molar-refractivity contribution >= 4 is 15.7 Å². The highest BCUT2D eigenvalue weighted by Crippen LogP contribution is 2.47. The number of hydrogen-bond acceptors (Lipinski definition) is 2. The number of rotatable bonds is 3. The first-order valence-electron chi connectivity index (χ1n) is 11.1. The van der Waals surface area contributed by atoms with Gasteiger partial charge in [0, 0.05) is 5.92 Å². The van der Waals surface area contributed by atoms with Crippen LogP contribution in [0.15, 0.2) is 77.2 Å². The summed E-state index contributed by atoms with van der Waals surface area (Å²) >= 11 is 0. The Kier molecular flexibility index (Phi) is 5.06. The predicted octanol–water partition coefficient (Wildman–Crippen LogP) is 5.81. The number of hydrogen-bond donors (Lipinski definition) is 0. The summed E-state index contributed by atoms with van der Waals surface area (Å²) in [5.41, 5.74) is 4.28. The van der Waals surface area contributed by atoms with Crippen LogP contribution in [-0.4, -0.2) is 14.5 Å². The molecule has 0 spiro atoms. The Hall–Kier alpha value is -2.33. The third kappa shape index (κ3) is 3.22. The van der Waals surface area contributed by atoms with Gasteiger partial charge in [-0.15, -0.1) is 0 Å². The minimum absolute atomic E-state index is 0.126. The lowest BCUT2D eigenvalue weighted by atomic mass is 9.78. The van der Waals surface area contributed by atoms with E-state index in [4.69, 9.17) is 0 Å². The average molecular weight is 420 g/mol. The molecule has 3 atom stereocenters. The van der Waals surface area contributed by atoms with Crippen LogP contribution in [-0.2, 0) is 16.4 Å². The van der Waals surface area contributed by atoms with Crippen molar-refractivity contribution < 1.29 is 8.42 Å². The molecule has 5 rings (SSSR count). The molecule has 0 amide bonds. The van der Waals surface area contributed by atoms with Crippen LogP contribution in [0, 0.1) is 18.8 Å². The van der Waals surface area contributed by atoms with Crippen LogP contribution in [0.3, 0.4) is 0 Å². The number of aryl methyl sites for hydroxylation is 1. The van der Waals surface area contributed by atoms with Gasteiger partial charge < -0.3 is 0 Å². The molecule has 0 saturated carbocycles. The van der Waals surface area contributed by atoms with Crippen LogP contribution in [0.5, 0.6) is 0 Å². The number of para-hydroxylation sites is 1. The van der Waals surface area contributed by atoms with E-state index in [2.05, 4.69) is 24.3 Å². The highest BCUT2D eigenvalue weighted by molar-refractivity contribution is 7.93. The topological polar surface area (TPSA) is 37.4 Å². The summed E-state index contributed by atoms with van der Waals surface area (Å²) in [5, 5.41) is 0. The van der Waals surface area contributed by atoms with Gasteiger partial charge in [-0.05, 0) is 68.2 Å². The minimum atomic E-state index is -3.66. The van der Waals surface area contributed by atoms with E-state index in [1.54, 1.807) is 10.4 Å². The second-order valence-corrected chi connectivity index (χ2v) is 10.6. The second-order valence-electron chi connectivity index (χ2n) is 8.84. The zero-order valence-corrected chi connectivity index (χ0v) is 18.3. The van der Waals surface area contributed by atoms with Crippen molar-refractivity contribution in [2.24, 2.45) is 11.8 Å². The molecule has 1 heterocycles. The lowest BCUT2D eigenvalue weighted by Gasteiger charge is -2.41. The van der Waals surface area contributed by atoms with Gasteiger partial charge in [-0.1, -0.05) is 66.6 Å². The SMILES string of the molecule is Cc1ccccc1S(=O)(=O)N1c2ccccc2CC2C(C3=CCCCCC3)C=CC21. The molecule has 2 aromatic rings. The summed E-state index contributed by atoms with van der Waals surface area (Å²) in [6.07, 6.45) is 13.9. The van der Waals surface area contributed by atoms with Gasteiger partial charge in [0.05, 0.1) is 16.6 Å². The van der Waals surface area contributed by atoms with E-state index in [0.29, 0.717) is 10.8 Å². The van der Waals surface area contributed by atoms with E-state index in [9.17, 15) is 8.42 Å². The second kappa shape index (κ2) is 7.73. The molecule has 30 heavy (non-hydrogen) atoms. The summed E-state index contributed by atoms with van der Waals surface area (Å²) in [7, 11) is -3.66. The maximum Gasteiger partial charge on any atom is 0.265 e. The molecule has 156 valence electrons. The molecule has 0 N–H and O–H groups in total. The molecule has 0 fully saturated rings. The Morgan fingerprint density at radius 3 is 2.60 bits per heavy atom. The molecule has 2 aliphatic carbocycles. The molecule has 0 saturated heterocycles. The molecule has 2 aromatic carbocycles. The molecular weight excluding hydrogens is 390 g/mol. The monoisotopic (exact) mass is 419 g/mol. The summed E-state index contributed by atoms with van der Waals surface area (Å²) < 4.78 is 29.6. The van der Waals surface area contributed by atoms with Gasteiger partial charge in [0.1, 0.15) is 0 Å². The Morgan fingerprint density at radius 1 is 0.933 bits per heavy atom. The van der Waals surface area contributed by atoms with Gasteiger partial charge >= 0.3 is 0 Å². The van der Waals surface area contributed by atoms with Crippen LogP contribution >= 0.6 is 0 Å². The zero-order chi connectivity index (χ0) is 20.7. The number of sulfonamides is 1. The molecule has 0 bridgehead atoms. The van der Waals surface area contributed by atoms with Crippen molar-refractivity contribution in [1.29, 1.82) is 0 Å². The normalized spacial score (nSPS) is 26.0. The van der Waals surface area contributed by atoms with Gasteiger partial charge in [-0.3, -0.25) is 4.31 Å². The van der Waals surface area contributed by atoms with E-state index in [1.165, 1.54) is 24.8 Å². The van der Waals surface area contributed by atoms with E-state index in [1.807, 2.05) is 43.3 Å². The van der Waals surface area contributed by atoms with Crippen molar-refractivity contribution in [1.82, 2.24) is 0 Å². The van der Waals surface area contributed by atoms with Gasteiger partial charge in [0.25, 0.3) is 10.0 Å². The Balaban J connectivity index is 1.60. The van der Waals surface area contributed by atoms with E-state index < -0.39 is 10.0 Å². The third-order valence-corrected chi connectivity index (χ3v) is 8.98. The first-order chi connectivity index (χ1) is 14.6. The van der Waals surface area contributed by atoms with Crippen molar-refractivity contribution in [3.63, 3.8) is 0 Å². The number of allylic oxidation sites excluding steroid dienone is 3. The van der Waals surface area contributed by atoms with Gasteiger partial charge in [0.15, 0.2) is 0 Å². The fourth-order valence-electron chi connectivity index (χ4n) is 5.53. The molecule has 3 unspecified atom stereocenters. The van der Waals surface area contributed by atoms with Crippen LogP contribution in [0.2, 0.25) is 0 Å². The van der Waals surface area contributed by atoms with Crippen LogP contribution in [0.1, 0.15) is 43.2 Å². The smallest absolute Gasteiger partial charge is 0.259 e. The van der Waals surface area contributed by atoms with E-state index >= 15 is 0 Å². The van der Waals surface area contributed by atoms with Crippen LogP contribution < -0.4 is 4.31 Å². The van der Waals surface area contributed by atoms with E-state index in [-0.39, 0.29) is 12.0 Å². The summed E-state index contributed by atoms with van der Waals surface area (Å²) in [6, 6.07) is 15.2. The van der Waals surface area contributed by atoms with Gasteiger partial charge in [-0.2, -0.15) is 0 Å². The van der Waals surface area contributed by atoms with E-state index in [0.717, 1.165) is 36.1 Å². The van der Waals surface area contributed by atoms with Crippen LogP contribution in [0.4, 0.5) is 5.69 Å². The summed E-state index contributed by atoms with van der Waals surface area (Å²) in [4.78, 5) is 0.408. The summed E-state index contributed by atoms with van der Waals surface area (Å²) in [6.45, 7) is 1.88. The highest BCUT2D eigenvalue weighted by Gasteiger charge is 2.46. The highest BCUT2D eigenvalue weighted by atomic mass is 32.2. The van der Waals surface area contributed by atoms with Crippen molar-refractivity contribution in [2.75, 3.05) is 4.31 Å². The molecule has 3 nitrogen and oxygen atoms in total. The largest absolute Gasteiger partial charge is 0.265 e. The molecular formula is C26H29NO2S. The molecule has 0 radical (unpaired) electrons. The quantitative estimate of drug-likeness (QED) is 0.589. The van der Waals surface area contributed by atoms with Crippen LogP contribution in [0.25, 0.3) is 0 Å². The predicted molar refractivity (Wildman–Crippen MR) is 122 cm³/mol. The third-order valence-electron chi connectivity index (χ3n) is 7.01. The minimum Gasteiger partial charge on any atom is -0.259 e. The lowest BCUT2D eigenvalue weighted by Crippen LogP contribution is -2.47. The van der Waals surface area contributed by atoms with Crippen molar-refractivity contribution in [2.45, 2.75) is 56.4 Å². The number of anilines is 1. The van der Waals surface area contributed by atoms with Gasteiger partial charge in [0.2, 0.25) is 0 Å². The first-order valence-corrected chi connectivity index (χ1v) is 12.6. The maximum atomic E-state index is 13.9. The lowest BCUT2D eigenvalue weighted by molar-refractivity contribution is 0.401. The Bertz CT molecular complexity index is 1120. The number of fused-ring (bicyclic) bond motifs is 2. The molecule has 1 aliphatic heterocycles. The fourth-order valence-corrected chi connectivity index (χ4v) is 7.45. The van der Waals surface area contributed by atoms with Crippen molar-refractivity contribution in [3.05, 3.63) is 83.5 Å².